The Labute approximate surface area is 125 Å². The molecule has 1 aromatic heterocycles. The quantitative estimate of drug-likeness (QED) is 0.804. The van der Waals surface area contributed by atoms with Crippen LogP contribution in [0.3, 0.4) is 0 Å². The largest absolute Gasteiger partial charge is 0.412 e. The molecule has 0 radical (unpaired) electrons. The van der Waals surface area contributed by atoms with Crippen LogP contribution in [0.15, 0.2) is 59.0 Å². The number of rotatable bonds is 4. The summed E-state index contributed by atoms with van der Waals surface area (Å²) in [7, 11) is 0. The van der Waals surface area contributed by atoms with E-state index in [1.54, 1.807) is 12.1 Å². The Morgan fingerprint density at radius 2 is 1.77 bits per heavy atom. The molecule has 3 rings (SSSR count). The maximum Gasteiger partial charge on any atom is 0.309 e. The number of aromatic nitrogens is 2. The van der Waals surface area contributed by atoms with Crippen LogP contribution in [0.4, 0.5) is 4.39 Å². The number of hydrogen-bond acceptors (Lipinski definition) is 4. The first-order chi connectivity index (χ1) is 10.7. The van der Waals surface area contributed by atoms with Crippen LogP contribution in [0.2, 0.25) is 0 Å². The lowest BCUT2D eigenvalue weighted by Crippen LogP contribution is -2.23. The van der Waals surface area contributed by atoms with Gasteiger partial charge < -0.3 is 9.73 Å². The molecule has 0 spiro atoms. The van der Waals surface area contributed by atoms with E-state index in [4.69, 9.17) is 4.42 Å². The van der Waals surface area contributed by atoms with Crippen molar-refractivity contribution in [3.8, 4) is 11.5 Å². The van der Waals surface area contributed by atoms with Gasteiger partial charge in [-0.2, -0.15) is 0 Å². The van der Waals surface area contributed by atoms with Gasteiger partial charge in [-0.15, -0.1) is 10.2 Å². The van der Waals surface area contributed by atoms with Gasteiger partial charge in [0.05, 0.1) is 0 Å². The summed E-state index contributed by atoms with van der Waals surface area (Å²) >= 11 is 0. The topological polar surface area (TPSA) is 68.0 Å². The van der Waals surface area contributed by atoms with Crippen LogP contribution in [0, 0.1) is 5.82 Å². The van der Waals surface area contributed by atoms with Crippen LogP contribution < -0.4 is 5.32 Å². The number of halogens is 1. The second kappa shape index (κ2) is 6.17. The molecule has 0 saturated heterocycles. The number of nitrogens with zero attached hydrogens (tertiary/aromatic N) is 2. The maximum absolute atomic E-state index is 12.8. The zero-order valence-corrected chi connectivity index (χ0v) is 11.5. The number of benzene rings is 2. The fourth-order valence-corrected chi connectivity index (χ4v) is 1.87. The summed E-state index contributed by atoms with van der Waals surface area (Å²) < 4.78 is 18.1. The summed E-state index contributed by atoms with van der Waals surface area (Å²) in [5, 5.41) is 10.2. The molecule has 6 heteroatoms. The molecule has 110 valence electrons. The van der Waals surface area contributed by atoms with E-state index in [0.29, 0.717) is 0 Å². The standard InChI is InChI=1S/C16H12FN3O2/c17-13-8-6-11(7-9-13)10-18-14(21)16-20-19-15(22-16)12-4-2-1-3-5-12/h1-9H,10H2,(H,18,21). The fraction of sp³-hybridized carbons (Fsp3) is 0.0625. The minimum atomic E-state index is -0.473. The van der Waals surface area contributed by atoms with Gasteiger partial charge in [0.2, 0.25) is 5.89 Å². The lowest BCUT2D eigenvalue weighted by molar-refractivity contribution is 0.0917. The molecule has 3 aromatic rings. The zero-order valence-electron chi connectivity index (χ0n) is 11.5. The first-order valence-corrected chi connectivity index (χ1v) is 6.64. The Bertz CT molecular complexity index is 770. The van der Waals surface area contributed by atoms with E-state index in [9.17, 15) is 9.18 Å². The summed E-state index contributed by atoms with van der Waals surface area (Å²) in [6.07, 6.45) is 0. The van der Waals surface area contributed by atoms with Crippen LogP contribution in [-0.2, 0) is 6.54 Å². The molecule has 0 aliphatic rings. The normalized spacial score (nSPS) is 10.4. The Morgan fingerprint density at radius 3 is 2.50 bits per heavy atom. The van der Waals surface area contributed by atoms with E-state index in [-0.39, 0.29) is 24.1 Å². The highest BCUT2D eigenvalue weighted by atomic mass is 19.1. The van der Waals surface area contributed by atoms with Gasteiger partial charge in [-0.05, 0) is 29.8 Å². The molecular formula is C16H12FN3O2. The van der Waals surface area contributed by atoms with E-state index < -0.39 is 5.91 Å². The second-order valence-electron chi connectivity index (χ2n) is 4.59. The predicted molar refractivity (Wildman–Crippen MR) is 77.3 cm³/mol. The maximum atomic E-state index is 12.8. The van der Waals surface area contributed by atoms with Gasteiger partial charge in [-0.3, -0.25) is 4.79 Å². The van der Waals surface area contributed by atoms with Crippen molar-refractivity contribution in [1.82, 2.24) is 15.5 Å². The van der Waals surface area contributed by atoms with Crippen LogP contribution >= 0.6 is 0 Å². The Kier molecular flexibility index (Phi) is 3.91. The average molecular weight is 297 g/mol. The molecule has 0 aliphatic heterocycles. The van der Waals surface area contributed by atoms with Crippen molar-refractivity contribution in [2.45, 2.75) is 6.54 Å². The minimum Gasteiger partial charge on any atom is -0.412 e. The number of amides is 1. The Morgan fingerprint density at radius 1 is 1.05 bits per heavy atom. The lowest BCUT2D eigenvalue weighted by Gasteiger charge is -2.02. The van der Waals surface area contributed by atoms with Gasteiger partial charge in [0.1, 0.15) is 5.82 Å². The summed E-state index contributed by atoms with van der Waals surface area (Å²) in [6.45, 7) is 0.252. The molecule has 1 N–H and O–H groups in total. The fourth-order valence-electron chi connectivity index (χ4n) is 1.87. The van der Waals surface area contributed by atoms with Crippen molar-refractivity contribution in [3.63, 3.8) is 0 Å². The summed E-state index contributed by atoms with van der Waals surface area (Å²) in [4.78, 5) is 11.9. The van der Waals surface area contributed by atoms with Gasteiger partial charge in [-0.1, -0.05) is 30.3 Å². The number of carbonyl (C=O) groups is 1. The van der Waals surface area contributed by atoms with E-state index >= 15 is 0 Å². The molecule has 2 aromatic carbocycles. The SMILES string of the molecule is O=C(NCc1ccc(F)cc1)c1nnc(-c2ccccc2)o1. The van der Waals surface area contributed by atoms with Gasteiger partial charge in [-0.25, -0.2) is 4.39 Å². The molecule has 1 heterocycles. The first-order valence-electron chi connectivity index (χ1n) is 6.64. The number of hydrogen-bond donors (Lipinski definition) is 1. The van der Waals surface area contributed by atoms with Crippen LogP contribution in [0.5, 0.6) is 0 Å². The van der Waals surface area contributed by atoms with E-state index in [2.05, 4.69) is 15.5 Å². The Balaban J connectivity index is 1.66. The smallest absolute Gasteiger partial charge is 0.309 e. The molecule has 1 amide bonds. The average Bonchev–Trinajstić information content (AvgIpc) is 3.05. The highest BCUT2D eigenvalue weighted by molar-refractivity contribution is 5.89. The summed E-state index contributed by atoms with van der Waals surface area (Å²) in [6, 6.07) is 15.0. The summed E-state index contributed by atoms with van der Waals surface area (Å²) in [5.41, 5.74) is 1.52. The molecule has 5 nitrogen and oxygen atoms in total. The molecule has 0 fully saturated rings. The van der Waals surface area contributed by atoms with Gasteiger partial charge in [0.15, 0.2) is 0 Å². The van der Waals surface area contributed by atoms with Crippen LogP contribution in [-0.4, -0.2) is 16.1 Å². The lowest BCUT2D eigenvalue weighted by atomic mass is 10.2. The van der Waals surface area contributed by atoms with Gasteiger partial charge >= 0.3 is 11.8 Å². The Hall–Kier alpha value is -3.02. The third-order valence-corrected chi connectivity index (χ3v) is 3.01. The number of nitrogens with one attached hydrogen (secondary N) is 1. The van der Waals surface area contributed by atoms with Crippen molar-refractivity contribution in [2.75, 3.05) is 0 Å². The van der Waals surface area contributed by atoms with Gasteiger partial charge in [0, 0.05) is 12.1 Å². The highest BCUT2D eigenvalue weighted by Crippen LogP contribution is 2.16. The van der Waals surface area contributed by atoms with E-state index in [1.807, 2.05) is 30.3 Å². The van der Waals surface area contributed by atoms with E-state index in [1.165, 1.54) is 12.1 Å². The van der Waals surface area contributed by atoms with Gasteiger partial charge in [0.25, 0.3) is 0 Å². The van der Waals surface area contributed by atoms with Crippen molar-refractivity contribution in [2.24, 2.45) is 0 Å². The molecule has 0 atom stereocenters. The van der Waals surface area contributed by atoms with Crippen LogP contribution in [0.25, 0.3) is 11.5 Å². The summed E-state index contributed by atoms with van der Waals surface area (Å²) in [5.74, 6) is -0.619. The molecule has 22 heavy (non-hydrogen) atoms. The second-order valence-corrected chi connectivity index (χ2v) is 4.59. The van der Waals surface area contributed by atoms with Crippen molar-refractivity contribution in [3.05, 3.63) is 71.9 Å². The van der Waals surface area contributed by atoms with Crippen molar-refractivity contribution >= 4 is 5.91 Å². The third-order valence-electron chi connectivity index (χ3n) is 3.01. The molecular weight excluding hydrogens is 285 g/mol. The predicted octanol–water partition coefficient (Wildman–Crippen LogP) is 2.81. The molecule has 0 saturated carbocycles. The van der Waals surface area contributed by atoms with E-state index in [0.717, 1.165) is 11.1 Å². The first kappa shape index (κ1) is 13.9. The molecule has 0 unspecified atom stereocenters. The zero-order chi connectivity index (χ0) is 15.4. The molecule has 0 bridgehead atoms. The highest BCUT2D eigenvalue weighted by Gasteiger charge is 2.15. The number of carbonyl (C=O) groups excluding carboxylic acids is 1. The molecule has 0 aliphatic carbocycles. The van der Waals surface area contributed by atoms with Crippen molar-refractivity contribution in [1.29, 1.82) is 0 Å². The minimum absolute atomic E-state index is 0.110. The van der Waals surface area contributed by atoms with Crippen LogP contribution in [0.1, 0.15) is 16.2 Å². The monoisotopic (exact) mass is 297 g/mol. The third kappa shape index (κ3) is 3.17. The van der Waals surface area contributed by atoms with Crippen molar-refractivity contribution < 1.29 is 13.6 Å².